The molecule has 2 amide bonds. The van der Waals surface area contributed by atoms with Crippen molar-refractivity contribution in [2.45, 2.75) is 46.0 Å². The second kappa shape index (κ2) is 16.1. The Kier molecular flexibility index (Phi) is 13.5. The van der Waals surface area contributed by atoms with Crippen molar-refractivity contribution in [2.24, 2.45) is 0 Å². The SMILES string of the molecule is C.CC(C)(C)c1ccc(C(Cc2ccc(C(=O)NCCS(=O)(=O)[O-])cc2)C(=O)Nc2ccc(-c3cccnc3)cc2)cc1.[Na+]. The number of benzene rings is 3. The van der Waals surface area contributed by atoms with E-state index in [2.05, 4.69) is 36.4 Å². The van der Waals surface area contributed by atoms with Gasteiger partial charge < -0.3 is 15.2 Å². The molecule has 0 aliphatic carbocycles. The molecular weight excluding hydrogens is 585 g/mol. The summed E-state index contributed by atoms with van der Waals surface area (Å²) in [6.07, 6.45) is 3.90. The summed E-state index contributed by atoms with van der Waals surface area (Å²) in [6.45, 7) is 6.15. The monoisotopic (exact) mass is 623 g/mol. The van der Waals surface area contributed by atoms with Crippen LogP contribution in [0.2, 0.25) is 0 Å². The molecule has 8 nitrogen and oxygen atoms in total. The Labute approximate surface area is 282 Å². The number of amides is 2. The number of carbonyl (C=O) groups excluding carboxylic acids is 2. The quantitative estimate of drug-likeness (QED) is 0.207. The largest absolute Gasteiger partial charge is 1.00 e. The number of nitrogens with zero attached hydrogens (tertiary/aromatic N) is 1. The summed E-state index contributed by atoms with van der Waals surface area (Å²) in [7, 11) is -4.41. The average Bonchev–Trinajstić information content (AvgIpc) is 2.96. The van der Waals surface area contributed by atoms with Crippen molar-refractivity contribution < 1.29 is 52.1 Å². The molecule has 1 heterocycles. The van der Waals surface area contributed by atoms with Gasteiger partial charge in [-0.2, -0.15) is 0 Å². The maximum absolute atomic E-state index is 13.7. The van der Waals surface area contributed by atoms with Crippen LogP contribution >= 0.6 is 0 Å². The Hall–Kier alpha value is -3.34. The predicted octanol–water partition coefficient (Wildman–Crippen LogP) is 2.93. The maximum Gasteiger partial charge on any atom is 1.00 e. The number of anilines is 1. The third-order valence-corrected chi connectivity index (χ3v) is 7.64. The minimum atomic E-state index is -4.41. The topological polar surface area (TPSA) is 128 Å². The molecule has 0 radical (unpaired) electrons. The molecule has 0 aliphatic heterocycles. The zero-order valence-electron chi connectivity index (χ0n) is 24.8. The van der Waals surface area contributed by atoms with Crippen LogP contribution in [-0.4, -0.2) is 42.1 Å². The van der Waals surface area contributed by atoms with Gasteiger partial charge in [-0.15, -0.1) is 0 Å². The number of nitrogens with one attached hydrogen (secondary N) is 2. The molecule has 10 heteroatoms. The summed E-state index contributed by atoms with van der Waals surface area (Å²) in [5.41, 5.74) is 5.84. The van der Waals surface area contributed by atoms with E-state index in [1.54, 1.807) is 36.7 Å². The molecule has 226 valence electrons. The summed E-state index contributed by atoms with van der Waals surface area (Å²) in [4.78, 5) is 30.2. The minimum absolute atomic E-state index is 0. The van der Waals surface area contributed by atoms with Crippen molar-refractivity contribution >= 4 is 27.6 Å². The average molecular weight is 624 g/mol. The third kappa shape index (κ3) is 10.7. The summed E-state index contributed by atoms with van der Waals surface area (Å²) in [5, 5.41) is 5.49. The number of rotatable bonds is 10. The second-order valence-corrected chi connectivity index (χ2v) is 12.7. The second-order valence-electron chi connectivity index (χ2n) is 11.2. The molecule has 1 aromatic heterocycles. The maximum atomic E-state index is 13.7. The third-order valence-electron chi connectivity index (χ3n) is 6.94. The van der Waals surface area contributed by atoms with E-state index in [0.717, 1.165) is 27.8 Å². The van der Waals surface area contributed by atoms with E-state index in [-0.39, 0.29) is 54.9 Å². The van der Waals surface area contributed by atoms with E-state index >= 15 is 0 Å². The predicted molar refractivity (Wildman–Crippen MR) is 170 cm³/mol. The fourth-order valence-electron chi connectivity index (χ4n) is 4.51. The van der Waals surface area contributed by atoms with Gasteiger partial charge in [0.2, 0.25) is 5.91 Å². The van der Waals surface area contributed by atoms with Crippen LogP contribution in [0.25, 0.3) is 11.1 Å². The first-order chi connectivity index (χ1) is 19.9. The van der Waals surface area contributed by atoms with Crippen LogP contribution in [0.1, 0.15) is 61.2 Å². The Morgan fingerprint density at radius 2 is 1.52 bits per heavy atom. The van der Waals surface area contributed by atoms with Gasteiger partial charge in [0.05, 0.1) is 21.8 Å². The van der Waals surface area contributed by atoms with Crippen LogP contribution in [-0.2, 0) is 26.7 Å². The summed E-state index contributed by atoms with van der Waals surface area (Å²) >= 11 is 0. The van der Waals surface area contributed by atoms with Gasteiger partial charge in [0.15, 0.2) is 0 Å². The van der Waals surface area contributed by atoms with Gasteiger partial charge in [-0.05, 0) is 70.0 Å². The van der Waals surface area contributed by atoms with Crippen molar-refractivity contribution in [3.63, 3.8) is 0 Å². The number of hydrogen-bond acceptors (Lipinski definition) is 6. The summed E-state index contributed by atoms with van der Waals surface area (Å²) < 4.78 is 32.4. The van der Waals surface area contributed by atoms with E-state index in [4.69, 9.17) is 0 Å². The Morgan fingerprint density at radius 3 is 2.07 bits per heavy atom. The Balaban J connectivity index is 0.00000337. The van der Waals surface area contributed by atoms with Crippen LogP contribution in [0.5, 0.6) is 0 Å². The Morgan fingerprint density at radius 1 is 0.886 bits per heavy atom. The molecule has 1 unspecified atom stereocenters. The number of pyridine rings is 1. The molecular formula is C34H38N3NaO5S. The minimum Gasteiger partial charge on any atom is -0.748 e. The van der Waals surface area contributed by atoms with Gasteiger partial charge in [0.1, 0.15) is 0 Å². The molecule has 0 bridgehead atoms. The zero-order chi connectivity index (χ0) is 30.3. The van der Waals surface area contributed by atoms with Crippen molar-refractivity contribution in [3.8, 4) is 11.1 Å². The molecule has 4 rings (SSSR count). The van der Waals surface area contributed by atoms with Crippen LogP contribution in [0.3, 0.4) is 0 Å². The van der Waals surface area contributed by atoms with Crippen molar-refractivity contribution in [2.75, 3.05) is 17.6 Å². The molecule has 4 aromatic rings. The molecule has 0 spiro atoms. The molecule has 1 atom stereocenters. The molecule has 44 heavy (non-hydrogen) atoms. The van der Waals surface area contributed by atoms with Gasteiger partial charge in [0, 0.05) is 30.2 Å². The Bertz CT molecular complexity index is 1620. The van der Waals surface area contributed by atoms with Crippen LogP contribution in [0, 0.1) is 0 Å². The van der Waals surface area contributed by atoms with Crippen molar-refractivity contribution in [1.29, 1.82) is 0 Å². The molecule has 3 aromatic carbocycles. The van der Waals surface area contributed by atoms with E-state index in [0.29, 0.717) is 17.7 Å². The first-order valence-electron chi connectivity index (χ1n) is 13.6. The molecule has 0 fully saturated rings. The van der Waals surface area contributed by atoms with Crippen LogP contribution in [0.4, 0.5) is 5.69 Å². The van der Waals surface area contributed by atoms with Gasteiger partial charge in [0.25, 0.3) is 5.91 Å². The standard InChI is InChI=1S/C33H35N3O5S.CH4.Na/c1-33(2,3)28-14-10-25(11-15-28)30(21-23-6-8-26(9-7-23)31(37)35-19-20-42(39,40)41)32(38)36-29-16-12-24(13-17-29)27-5-4-18-34-22-27;;/h4-18,22,30H,19-21H2,1-3H3,(H,35,37)(H,36,38)(H,39,40,41);1H4;/q;;+1/p-1. The first kappa shape index (κ1) is 36.8. The van der Waals surface area contributed by atoms with Gasteiger partial charge >= 0.3 is 29.6 Å². The van der Waals surface area contributed by atoms with Gasteiger partial charge in [-0.1, -0.05) is 82.8 Å². The number of aromatic nitrogens is 1. The molecule has 0 saturated carbocycles. The molecule has 0 saturated heterocycles. The normalized spacial score (nSPS) is 11.8. The van der Waals surface area contributed by atoms with Gasteiger partial charge in [-0.3, -0.25) is 14.6 Å². The van der Waals surface area contributed by atoms with E-state index in [1.807, 2.05) is 60.7 Å². The van der Waals surface area contributed by atoms with Crippen LogP contribution < -0.4 is 40.2 Å². The van der Waals surface area contributed by atoms with E-state index in [1.165, 1.54) is 0 Å². The van der Waals surface area contributed by atoms with E-state index in [9.17, 15) is 22.6 Å². The van der Waals surface area contributed by atoms with E-state index < -0.39 is 27.7 Å². The smallest absolute Gasteiger partial charge is 0.748 e. The molecule has 2 N–H and O–H groups in total. The van der Waals surface area contributed by atoms with Crippen molar-refractivity contribution in [3.05, 3.63) is 120 Å². The zero-order valence-corrected chi connectivity index (χ0v) is 27.6. The number of hydrogen-bond donors (Lipinski definition) is 2. The van der Waals surface area contributed by atoms with Crippen LogP contribution in [0.15, 0.2) is 97.3 Å². The van der Waals surface area contributed by atoms with Gasteiger partial charge in [-0.25, -0.2) is 8.42 Å². The summed E-state index contributed by atoms with van der Waals surface area (Å²) in [6, 6.07) is 26.3. The fourth-order valence-corrected chi connectivity index (χ4v) is 4.86. The number of carbonyl (C=O) groups is 2. The van der Waals surface area contributed by atoms with Crippen molar-refractivity contribution in [1.82, 2.24) is 10.3 Å². The first-order valence-corrected chi connectivity index (χ1v) is 15.2. The fraction of sp³-hybridized carbons (Fsp3) is 0.265. The summed E-state index contributed by atoms with van der Waals surface area (Å²) in [5.74, 6) is -1.81. The molecule has 0 aliphatic rings.